The van der Waals surface area contributed by atoms with Crippen molar-refractivity contribution in [1.29, 1.82) is 0 Å². The summed E-state index contributed by atoms with van der Waals surface area (Å²) >= 11 is 0. The number of Topliss-reactive ketones (excluding diaryl/α,β-unsaturated/α-hetero) is 1. The number of nitrogens with one attached hydrogen (secondary N) is 3. The average molecular weight is 492 g/mol. The molecule has 1 aliphatic rings. The molecule has 0 saturated heterocycles. The SMILES string of the molecule is Cc1cc(NCCO)ccc1NC1=C(C(=O)OCCN(C)C)C(=O)C(=Cc2c[nH]c3ncccc23)O1. The number of aryl methyl sites for hydroxylation is 1. The van der Waals surface area contributed by atoms with Crippen molar-refractivity contribution in [2.45, 2.75) is 6.92 Å². The van der Waals surface area contributed by atoms with Gasteiger partial charge in [-0.1, -0.05) is 0 Å². The molecule has 4 N–H and O–H groups in total. The molecule has 0 amide bonds. The van der Waals surface area contributed by atoms with Crippen LogP contribution in [0.1, 0.15) is 11.1 Å². The van der Waals surface area contributed by atoms with E-state index < -0.39 is 11.8 Å². The molecule has 10 nitrogen and oxygen atoms in total. The van der Waals surface area contributed by atoms with Gasteiger partial charge in [-0.05, 0) is 63.0 Å². The summed E-state index contributed by atoms with van der Waals surface area (Å²) in [6.45, 7) is 2.98. The third kappa shape index (κ3) is 5.56. The van der Waals surface area contributed by atoms with Crippen molar-refractivity contribution in [1.82, 2.24) is 14.9 Å². The van der Waals surface area contributed by atoms with Gasteiger partial charge in [-0.25, -0.2) is 9.78 Å². The molecule has 1 aromatic carbocycles. The highest BCUT2D eigenvalue weighted by molar-refractivity contribution is 6.26. The van der Waals surface area contributed by atoms with Gasteiger partial charge in [0.2, 0.25) is 11.7 Å². The number of ether oxygens (including phenoxy) is 2. The topological polar surface area (TPSA) is 129 Å². The number of aromatic nitrogens is 2. The maximum absolute atomic E-state index is 13.3. The Morgan fingerprint density at radius 2 is 2.14 bits per heavy atom. The summed E-state index contributed by atoms with van der Waals surface area (Å²) in [6, 6.07) is 9.20. The molecule has 188 valence electrons. The lowest BCUT2D eigenvalue weighted by Crippen LogP contribution is -2.23. The van der Waals surface area contributed by atoms with Gasteiger partial charge < -0.3 is 35.1 Å². The van der Waals surface area contributed by atoms with Crippen molar-refractivity contribution in [3.8, 4) is 0 Å². The Bertz CT molecular complexity index is 1340. The number of hydrogen-bond acceptors (Lipinski definition) is 9. The van der Waals surface area contributed by atoms with Crippen LogP contribution in [0.5, 0.6) is 0 Å². The van der Waals surface area contributed by atoms with Crippen molar-refractivity contribution in [3.05, 3.63) is 71.1 Å². The highest BCUT2D eigenvalue weighted by Gasteiger charge is 2.37. The van der Waals surface area contributed by atoms with Gasteiger partial charge in [0.25, 0.3) is 0 Å². The van der Waals surface area contributed by atoms with Crippen LogP contribution in [0.25, 0.3) is 17.1 Å². The number of nitrogens with zero attached hydrogens (tertiary/aromatic N) is 2. The number of benzene rings is 1. The normalized spacial score (nSPS) is 14.6. The zero-order valence-corrected chi connectivity index (χ0v) is 20.4. The largest absolute Gasteiger partial charge is 0.460 e. The molecule has 0 aliphatic carbocycles. The second-order valence-corrected chi connectivity index (χ2v) is 8.53. The number of H-pyrrole nitrogens is 1. The van der Waals surface area contributed by atoms with E-state index in [-0.39, 0.29) is 30.4 Å². The number of carbonyl (C=O) groups excluding carboxylic acids is 2. The number of aromatic amines is 1. The standard InChI is InChI=1S/C26H29N5O5/c1-16-13-18(27-9-11-32)6-7-20(16)30-25-22(26(34)35-12-10-31(2)3)23(33)21(36-25)14-17-15-29-24-19(17)5-4-8-28-24/h4-8,13-15,27,30,32H,9-12H2,1-3H3,(H,28,29). The van der Waals surface area contributed by atoms with Crippen LogP contribution < -0.4 is 10.6 Å². The molecule has 0 unspecified atom stereocenters. The number of esters is 1. The van der Waals surface area contributed by atoms with Crippen molar-refractivity contribution >= 4 is 40.2 Å². The molecule has 0 fully saturated rings. The van der Waals surface area contributed by atoms with Gasteiger partial charge in [0, 0.05) is 47.8 Å². The van der Waals surface area contributed by atoms with E-state index in [4.69, 9.17) is 14.6 Å². The van der Waals surface area contributed by atoms with Crippen LogP contribution in [0.2, 0.25) is 0 Å². The van der Waals surface area contributed by atoms with E-state index in [9.17, 15) is 9.59 Å². The Balaban J connectivity index is 1.63. The first-order chi connectivity index (χ1) is 17.4. The average Bonchev–Trinajstić information content (AvgIpc) is 3.39. The summed E-state index contributed by atoms with van der Waals surface area (Å²) < 4.78 is 11.3. The minimum Gasteiger partial charge on any atom is -0.460 e. The molecular weight excluding hydrogens is 462 g/mol. The number of allylic oxidation sites excluding steroid dienone is 1. The molecule has 1 aliphatic heterocycles. The first kappa shape index (κ1) is 25.0. The number of fused-ring (bicyclic) bond motifs is 1. The summed E-state index contributed by atoms with van der Waals surface area (Å²) in [5.74, 6) is -1.31. The Morgan fingerprint density at radius 3 is 2.89 bits per heavy atom. The van der Waals surface area contributed by atoms with Gasteiger partial charge in [0.15, 0.2) is 11.3 Å². The monoisotopic (exact) mass is 491 g/mol. The van der Waals surface area contributed by atoms with E-state index in [1.807, 2.05) is 44.1 Å². The Kier molecular flexibility index (Phi) is 7.67. The lowest BCUT2D eigenvalue weighted by atomic mass is 10.1. The second kappa shape index (κ2) is 11.1. The Labute approximate surface area is 208 Å². The number of carbonyl (C=O) groups is 2. The summed E-state index contributed by atoms with van der Waals surface area (Å²) in [4.78, 5) is 35.4. The van der Waals surface area contributed by atoms with Gasteiger partial charge in [-0.3, -0.25) is 4.79 Å². The van der Waals surface area contributed by atoms with Gasteiger partial charge >= 0.3 is 5.97 Å². The van der Waals surface area contributed by atoms with E-state index in [0.29, 0.717) is 30.0 Å². The van der Waals surface area contributed by atoms with Crippen molar-refractivity contribution in [2.75, 3.05) is 51.0 Å². The molecule has 0 saturated carbocycles. The number of rotatable bonds is 10. The zero-order chi connectivity index (χ0) is 25.7. The molecule has 36 heavy (non-hydrogen) atoms. The molecular formula is C26H29N5O5. The fourth-order valence-corrected chi connectivity index (χ4v) is 3.67. The van der Waals surface area contributed by atoms with Crippen LogP contribution in [0.4, 0.5) is 11.4 Å². The van der Waals surface area contributed by atoms with Crippen LogP contribution in [-0.2, 0) is 19.1 Å². The fraction of sp³-hybridized carbons (Fsp3) is 0.269. The lowest BCUT2D eigenvalue weighted by molar-refractivity contribution is -0.140. The maximum Gasteiger partial charge on any atom is 0.347 e. The Morgan fingerprint density at radius 1 is 1.31 bits per heavy atom. The number of aliphatic hydroxyl groups excluding tert-OH is 1. The summed E-state index contributed by atoms with van der Waals surface area (Å²) in [5.41, 5.74) is 3.53. The number of anilines is 2. The van der Waals surface area contributed by atoms with E-state index in [1.54, 1.807) is 30.6 Å². The predicted octanol–water partition coefficient (Wildman–Crippen LogP) is 2.64. The molecule has 3 heterocycles. The second-order valence-electron chi connectivity index (χ2n) is 8.53. The van der Waals surface area contributed by atoms with Crippen LogP contribution in [0, 0.1) is 6.92 Å². The smallest absolute Gasteiger partial charge is 0.347 e. The highest BCUT2D eigenvalue weighted by atomic mass is 16.5. The van der Waals surface area contributed by atoms with Gasteiger partial charge in [0.1, 0.15) is 12.3 Å². The lowest BCUT2D eigenvalue weighted by Gasteiger charge is -2.13. The minimum absolute atomic E-state index is 0.000647. The van der Waals surface area contributed by atoms with Gasteiger partial charge in [-0.15, -0.1) is 0 Å². The minimum atomic E-state index is -0.757. The third-order valence-corrected chi connectivity index (χ3v) is 5.55. The number of hydrogen-bond donors (Lipinski definition) is 4. The van der Waals surface area contributed by atoms with Gasteiger partial charge in [0.05, 0.1) is 6.61 Å². The zero-order valence-electron chi connectivity index (χ0n) is 20.4. The number of pyridine rings is 1. The molecule has 0 spiro atoms. The first-order valence-corrected chi connectivity index (χ1v) is 11.5. The van der Waals surface area contributed by atoms with E-state index >= 15 is 0 Å². The van der Waals surface area contributed by atoms with Crippen LogP contribution in [0.3, 0.4) is 0 Å². The molecule has 10 heteroatoms. The summed E-state index contributed by atoms with van der Waals surface area (Å²) in [5, 5.41) is 16.0. The summed E-state index contributed by atoms with van der Waals surface area (Å²) in [6.07, 6.45) is 4.98. The third-order valence-electron chi connectivity index (χ3n) is 5.55. The molecule has 3 aromatic rings. The highest BCUT2D eigenvalue weighted by Crippen LogP contribution is 2.31. The molecule has 4 rings (SSSR count). The van der Waals surface area contributed by atoms with Crippen LogP contribution in [0.15, 0.2) is 59.9 Å². The van der Waals surface area contributed by atoms with E-state index in [0.717, 1.165) is 16.6 Å². The van der Waals surface area contributed by atoms with Gasteiger partial charge in [-0.2, -0.15) is 0 Å². The van der Waals surface area contributed by atoms with Crippen LogP contribution in [-0.4, -0.2) is 72.1 Å². The van der Waals surface area contributed by atoms with Crippen molar-refractivity contribution in [3.63, 3.8) is 0 Å². The molecule has 0 bridgehead atoms. The summed E-state index contributed by atoms with van der Waals surface area (Å²) in [7, 11) is 3.73. The number of likely N-dealkylation sites (N-methyl/N-ethyl adjacent to an activating group) is 1. The van der Waals surface area contributed by atoms with Crippen molar-refractivity contribution in [2.24, 2.45) is 0 Å². The molecule has 0 radical (unpaired) electrons. The quantitative estimate of drug-likeness (QED) is 0.192. The van der Waals surface area contributed by atoms with E-state index in [2.05, 4.69) is 20.6 Å². The Hall–Kier alpha value is -4.15. The molecule has 0 atom stereocenters. The van der Waals surface area contributed by atoms with Crippen molar-refractivity contribution < 1.29 is 24.2 Å². The number of ketones is 1. The van der Waals surface area contributed by atoms with E-state index in [1.165, 1.54) is 0 Å². The molecule has 2 aromatic heterocycles. The van der Waals surface area contributed by atoms with Crippen LogP contribution >= 0.6 is 0 Å². The predicted molar refractivity (Wildman–Crippen MR) is 137 cm³/mol. The fourth-order valence-electron chi connectivity index (χ4n) is 3.67. The number of aliphatic hydroxyl groups is 1. The maximum atomic E-state index is 13.3. The first-order valence-electron chi connectivity index (χ1n) is 11.5.